The Morgan fingerprint density at radius 1 is 0.702 bits per heavy atom. The molecule has 4 aromatic rings. The summed E-state index contributed by atoms with van der Waals surface area (Å²) in [5.41, 5.74) is 1.46. The lowest BCUT2D eigenvalue weighted by molar-refractivity contribution is -0.0791. The van der Waals surface area contributed by atoms with Gasteiger partial charge in [-0.3, -0.25) is 0 Å². The number of sulfonamides is 1. The summed E-state index contributed by atoms with van der Waals surface area (Å²) in [6.45, 7) is 1.40. The Balaban J connectivity index is 1.05. The number of hydrogen-bond donors (Lipinski definition) is 0. The number of piperidine rings is 1. The van der Waals surface area contributed by atoms with Crippen molar-refractivity contribution in [3.63, 3.8) is 0 Å². The molecular formula is C35H34N2O8S2. The molecule has 1 unspecified atom stereocenters. The van der Waals surface area contributed by atoms with Crippen molar-refractivity contribution in [3.05, 3.63) is 131 Å². The molecular weight excluding hydrogens is 641 g/mol. The number of nitrogens with zero attached hydrogens (tertiary/aromatic N) is 2. The Bertz CT molecular complexity index is 1830. The summed E-state index contributed by atoms with van der Waals surface area (Å²) in [6, 6.07) is 30.9. The number of benzene rings is 4. The highest BCUT2D eigenvalue weighted by molar-refractivity contribution is 7.89. The molecule has 0 amide bonds. The van der Waals surface area contributed by atoms with Crippen molar-refractivity contribution in [1.29, 1.82) is 0 Å². The quantitative estimate of drug-likeness (QED) is 0.217. The van der Waals surface area contributed by atoms with Crippen molar-refractivity contribution in [2.45, 2.75) is 41.6 Å². The second-order valence-electron chi connectivity index (χ2n) is 11.2. The van der Waals surface area contributed by atoms with Crippen LogP contribution in [0.1, 0.15) is 44.7 Å². The third-order valence-corrected chi connectivity index (χ3v) is 11.8. The zero-order chi connectivity index (χ0) is 32.9. The molecule has 0 N–H and O–H groups in total. The van der Waals surface area contributed by atoms with E-state index in [1.807, 2.05) is 60.7 Å². The van der Waals surface area contributed by atoms with E-state index in [9.17, 15) is 22.2 Å². The molecule has 1 spiro atoms. The van der Waals surface area contributed by atoms with Gasteiger partial charge in [0.25, 0.3) is 0 Å². The zero-order valence-corrected chi connectivity index (χ0v) is 27.2. The van der Waals surface area contributed by atoms with Crippen LogP contribution in [0, 0.1) is 0 Å². The average Bonchev–Trinajstić information content (AvgIpc) is 3.52. The number of carbonyl (C=O) groups excluding carboxylic acids is 2. The fourth-order valence-electron chi connectivity index (χ4n) is 5.66. The van der Waals surface area contributed by atoms with Crippen molar-refractivity contribution in [2.24, 2.45) is 0 Å². The molecule has 0 bridgehead atoms. The van der Waals surface area contributed by atoms with Crippen LogP contribution in [0.4, 0.5) is 0 Å². The van der Waals surface area contributed by atoms with Gasteiger partial charge in [-0.2, -0.15) is 8.61 Å². The van der Waals surface area contributed by atoms with Crippen LogP contribution in [0.2, 0.25) is 0 Å². The maximum atomic E-state index is 13.7. The summed E-state index contributed by atoms with van der Waals surface area (Å²) in [6.07, 6.45) is 0.650. The molecule has 12 heteroatoms. The summed E-state index contributed by atoms with van der Waals surface area (Å²) >= 11 is 0. The fraction of sp³-hybridized carbons (Fsp3) is 0.257. The molecule has 47 heavy (non-hydrogen) atoms. The number of ether oxygens (including phenoxy) is 3. The monoisotopic (exact) mass is 674 g/mol. The molecule has 2 saturated heterocycles. The van der Waals surface area contributed by atoms with Gasteiger partial charge in [-0.15, -0.1) is 0 Å². The number of hydrogen-bond acceptors (Lipinski definition) is 8. The van der Waals surface area contributed by atoms with Crippen LogP contribution < -0.4 is 0 Å². The minimum Gasteiger partial charge on any atom is -0.457 e. The van der Waals surface area contributed by atoms with E-state index < -0.39 is 38.7 Å². The van der Waals surface area contributed by atoms with Crippen LogP contribution >= 0.6 is 0 Å². The standard InChI is InChI=1S/C35H34N2O8S2/c38-33(43-25-27-7-3-1-4-8-27)29-11-15-31(16-12-29)46(40)37-23-24-45-35(37)19-21-36(22-20-35)47(41,42)32-17-13-30(14-18-32)34(39)44-26-28-9-5-2-6-10-28/h1-18H,19-26H2. The minimum absolute atomic E-state index is 0.0724. The predicted molar refractivity (Wildman–Crippen MR) is 174 cm³/mol. The van der Waals surface area contributed by atoms with Crippen LogP contribution in [0.3, 0.4) is 0 Å². The molecule has 2 aliphatic heterocycles. The van der Waals surface area contributed by atoms with Crippen LogP contribution in [0.15, 0.2) is 119 Å². The van der Waals surface area contributed by atoms with Crippen molar-refractivity contribution < 1.29 is 36.4 Å². The van der Waals surface area contributed by atoms with E-state index >= 15 is 0 Å². The van der Waals surface area contributed by atoms with Crippen LogP contribution in [0.25, 0.3) is 0 Å². The van der Waals surface area contributed by atoms with Gasteiger partial charge in [0.2, 0.25) is 10.0 Å². The van der Waals surface area contributed by atoms with E-state index in [-0.39, 0.29) is 36.8 Å². The smallest absolute Gasteiger partial charge is 0.338 e. The topological polar surface area (TPSA) is 120 Å². The highest BCUT2D eigenvalue weighted by Gasteiger charge is 2.49. The van der Waals surface area contributed by atoms with Crippen molar-refractivity contribution >= 4 is 32.9 Å². The first-order valence-corrected chi connectivity index (χ1v) is 17.8. The molecule has 0 aliphatic carbocycles. The molecule has 2 aliphatic rings. The van der Waals surface area contributed by atoms with Gasteiger partial charge in [-0.25, -0.2) is 22.2 Å². The summed E-state index contributed by atoms with van der Waals surface area (Å²) in [5, 5.41) is 0. The average molecular weight is 675 g/mol. The highest BCUT2D eigenvalue weighted by Crippen LogP contribution is 2.38. The third kappa shape index (κ3) is 7.37. The van der Waals surface area contributed by atoms with Gasteiger partial charge >= 0.3 is 11.9 Å². The molecule has 4 aromatic carbocycles. The third-order valence-electron chi connectivity index (χ3n) is 8.27. The van der Waals surface area contributed by atoms with Gasteiger partial charge in [0.05, 0.1) is 27.5 Å². The van der Waals surface area contributed by atoms with E-state index in [0.29, 0.717) is 36.5 Å². The second kappa shape index (κ2) is 14.3. The lowest BCUT2D eigenvalue weighted by atomic mass is 10.0. The van der Waals surface area contributed by atoms with E-state index in [2.05, 4.69) is 0 Å². The van der Waals surface area contributed by atoms with Crippen molar-refractivity contribution in [1.82, 2.24) is 8.61 Å². The van der Waals surface area contributed by atoms with Crippen LogP contribution in [-0.2, 0) is 48.4 Å². The molecule has 2 fully saturated rings. The SMILES string of the molecule is O=C(OCc1ccccc1)c1ccc(S(=O)N2CCOC23CCN(S(=O)(=O)c2ccc(C(=O)OCc4ccccc4)cc2)CC3)cc1. The van der Waals surface area contributed by atoms with Gasteiger partial charge < -0.3 is 14.2 Å². The number of esters is 2. The van der Waals surface area contributed by atoms with E-state index in [0.717, 1.165) is 11.1 Å². The molecule has 244 valence electrons. The normalized spacial score (nSPS) is 17.3. The fourth-order valence-corrected chi connectivity index (χ4v) is 8.50. The Morgan fingerprint density at radius 2 is 1.19 bits per heavy atom. The Morgan fingerprint density at radius 3 is 1.70 bits per heavy atom. The van der Waals surface area contributed by atoms with E-state index in [1.54, 1.807) is 28.6 Å². The second-order valence-corrected chi connectivity index (χ2v) is 14.6. The minimum atomic E-state index is -3.84. The molecule has 6 rings (SSSR count). The zero-order valence-electron chi connectivity index (χ0n) is 25.5. The van der Waals surface area contributed by atoms with E-state index in [4.69, 9.17) is 14.2 Å². The maximum Gasteiger partial charge on any atom is 0.338 e. The number of carbonyl (C=O) groups is 2. The molecule has 0 saturated carbocycles. The Kier molecular flexibility index (Phi) is 9.95. The van der Waals surface area contributed by atoms with Gasteiger partial charge in [-0.05, 0) is 59.7 Å². The van der Waals surface area contributed by atoms with Gasteiger partial charge in [-0.1, -0.05) is 60.7 Å². The maximum absolute atomic E-state index is 13.7. The highest BCUT2D eigenvalue weighted by atomic mass is 32.2. The predicted octanol–water partition coefficient (Wildman–Crippen LogP) is 4.94. The van der Waals surface area contributed by atoms with Crippen molar-refractivity contribution in [2.75, 3.05) is 26.2 Å². The first-order valence-electron chi connectivity index (χ1n) is 15.2. The summed E-state index contributed by atoms with van der Waals surface area (Å²) in [7, 11) is -5.44. The molecule has 10 nitrogen and oxygen atoms in total. The Labute approximate surface area is 276 Å². The first kappa shape index (κ1) is 32.7. The summed E-state index contributed by atoms with van der Waals surface area (Å²) in [4.78, 5) is 25.6. The molecule has 0 radical (unpaired) electrons. The lowest BCUT2D eigenvalue weighted by Crippen LogP contribution is -2.54. The van der Waals surface area contributed by atoms with Crippen LogP contribution in [-0.4, -0.2) is 65.1 Å². The molecule has 0 aromatic heterocycles. The summed E-state index contributed by atoms with van der Waals surface area (Å²) in [5.74, 6) is -1.01. The van der Waals surface area contributed by atoms with Crippen molar-refractivity contribution in [3.8, 4) is 0 Å². The summed E-state index contributed by atoms with van der Waals surface area (Å²) < 4.78 is 60.7. The Hall–Kier alpha value is -4.20. The van der Waals surface area contributed by atoms with E-state index in [1.165, 1.54) is 28.6 Å². The molecule has 2 heterocycles. The van der Waals surface area contributed by atoms with Gasteiger partial charge in [0.15, 0.2) is 0 Å². The lowest BCUT2D eigenvalue weighted by Gasteiger charge is -2.42. The van der Waals surface area contributed by atoms with Gasteiger partial charge in [0, 0.05) is 32.5 Å². The largest absolute Gasteiger partial charge is 0.457 e. The first-order chi connectivity index (χ1) is 22.7. The van der Waals surface area contributed by atoms with Crippen LogP contribution in [0.5, 0.6) is 0 Å². The van der Waals surface area contributed by atoms with Gasteiger partial charge in [0.1, 0.15) is 29.9 Å². The molecule has 1 atom stereocenters. The number of rotatable bonds is 10.